The van der Waals surface area contributed by atoms with Gasteiger partial charge in [0, 0.05) is 41.0 Å². The van der Waals surface area contributed by atoms with Crippen molar-refractivity contribution in [3.63, 3.8) is 0 Å². The van der Waals surface area contributed by atoms with E-state index in [1.54, 1.807) is 36.0 Å². The fourth-order valence-electron chi connectivity index (χ4n) is 4.68. The zero-order valence-electron chi connectivity index (χ0n) is 21.9. The van der Waals surface area contributed by atoms with Gasteiger partial charge in [0.15, 0.2) is 11.6 Å². The Balaban J connectivity index is 1.14. The van der Waals surface area contributed by atoms with Gasteiger partial charge in [-0.2, -0.15) is 0 Å². The minimum absolute atomic E-state index is 0.0582. The molecule has 208 valence electrons. The molecule has 8 nitrogen and oxygen atoms in total. The summed E-state index contributed by atoms with van der Waals surface area (Å²) >= 11 is 1.65. The third-order valence-corrected chi connectivity index (χ3v) is 7.92. The molecule has 1 fully saturated rings. The maximum Gasteiger partial charge on any atom is 0.255 e. The SMILES string of the molecule is O=C(NCc1ccc(F)c(F)c1)c1cccnc1NCc1ccc(-c2ccc3ncnc(N4CCOCC4)c3c2)s1. The standard InChI is InChI=1S/C30H26F2N6O2S/c31-24-6-3-19(14-25(24)32)16-35-30(39)22-2-1-9-33-28(22)34-17-21-5-8-27(41-21)20-4-7-26-23(15-20)29(37-18-36-26)38-10-12-40-13-11-38/h1-9,14-15,18H,10-13,16-17H2,(H,33,34)(H,35,39). The fraction of sp³-hybridized carbons (Fsp3) is 0.200. The number of amides is 1. The first-order valence-electron chi connectivity index (χ1n) is 13.1. The minimum atomic E-state index is -0.953. The Kier molecular flexibility index (Phi) is 7.79. The van der Waals surface area contributed by atoms with Crippen LogP contribution in [0.5, 0.6) is 0 Å². The molecule has 41 heavy (non-hydrogen) atoms. The Bertz CT molecular complexity index is 1710. The summed E-state index contributed by atoms with van der Waals surface area (Å²) in [6.07, 6.45) is 3.22. The summed E-state index contributed by atoms with van der Waals surface area (Å²) in [7, 11) is 0. The number of fused-ring (bicyclic) bond motifs is 1. The summed E-state index contributed by atoms with van der Waals surface area (Å²) < 4.78 is 32.2. The highest BCUT2D eigenvalue weighted by molar-refractivity contribution is 7.15. The van der Waals surface area contributed by atoms with Crippen molar-refractivity contribution < 1.29 is 18.3 Å². The van der Waals surface area contributed by atoms with E-state index in [0.717, 1.165) is 57.3 Å². The molecule has 0 aliphatic carbocycles. The van der Waals surface area contributed by atoms with Crippen LogP contribution in [0.1, 0.15) is 20.8 Å². The third kappa shape index (κ3) is 6.01. The van der Waals surface area contributed by atoms with Gasteiger partial charge in [-0.3, -0.25) is 4.79 Å². The molecule has 0 bridgehead atoms. The number of hydrogen-bond acceptors (Lipinski definition) is 8. The molecule has 0 unspecified atom stereocenters. The van der Waals surface area contributed by atoms with Crippen molar-refractivity contribution >= 4 is 39.8 Å². The van der Waals surface area contributed by atoms with Crippen molar-refractivity contribution in [1.29, 1.82) is 0 Å². The molecule has 1 aliphatic rings. The van der Waals surface area contributed by atoms with Gasteiger partial charge in [-0.05, 0) is 59.7 Å². The average Bonchev–Trinajstić information content (AvgIpc) is 3.49. The van der Waals surface area contributed by atoms with Crippen molar-refractivity contribution in [3.05, 3.63) is 101 Å². The predicted molar refractivity (Wildman–Crippen MR) is 155 cm³/mol. The fourth-order valence-corrected chi connectivity index (χ4v) is 5.62. The maximum absolute atomic E-state index is 13.5. The number of nitrogens with one attached hydrogen (secondary N) is 2. The first-order chi connectivity index (χ1) is 20.0. The predicted octanol–water partition coefficient (Wildman–Crippen LogP) is 5.41. The quantitative estimate of drug-likeness (QED) is 0.257. The molecule has 2 N–H and O–H groups in total. The molecule has 5 aromatic rings. The van der Waals surface area contributed by atoms with Crippen molar-refractivity contribution in [2.24, 2.45) is 0 Å². The lowest BCUT2D eigenvalue weighted by molar-refractivity contribution is 0.0951. The topological polar surface area (TPSA) is 92.3 Å². The number of ether oxygens (including phenoxy) is 1. The first kappa shape index (κ1) is 26.7. The number of pyridine rings is 1. The molecule has 4 heterocycles. The van der Waals surface area contributed by atoms with Crippen LogP contribution < -0.4 is 15.5 Å². The Morgan fingerprint density at radius 3 is 2.68 bits per heavy atom. The third-order valence-electron chi connectivity index (χ3n) is 6.79. The number of morpholine rings is 1. The smallest absolute Gasteiger partial charge is 0.255 e. The molecule has 0 saturated carbocycles. The molecule has 3 aromatic heterocycles. The van der Waals surface area contributed by atoms with Gasteiger partial charge in [-0.1, -0.05) is 12.1 Å². The zero-order chi connectivity index (χ0) is 28.2. The summed E-state index contributed by atoms with van der Waals surface area (Å²) in [5.41, 5.74) is 2.79. The van der Waals surface area contributed by atoms with Gasteiger partial charge in [0.1, 0.15) is 18.0 Å². The number of carbonyl (C=O) groups is 1. The van der Waals surface area contributed by atoms with Gasteiger partial charge in [-0.25, -0.2) is 23.7 Å². The van der Waals surface area contributed by atoms with Crippen molar-refractivity contribution in [2.45, 2.75) is 13.1 Å². The molecule has 1 aliphatic heterocycles. The summed E-state index contributed by atoms with van der Waals surface area (Å²) in [6, 6.07) is 17.2. The number of carbonyl (C=O) groups excluding carboxylic acids is 1. The second-order valence-electron chi connectivity index (χ2n) is 9.48. The van der Waals surface area contributed by atoms with E-state index >= 15 is 0 Å². The Labute approximate surface area is 239 Å². The summed E-state index contributed by atoms with van der Waals surface area (Å²) in [5.74, 6) is -0.896. The van der Waals surface area contributed by atoms with Crippen molar-refractivity contribution in [1.82, 2.24) is 20.3 Å². The van der Waals surface area contributed by atoms with E-state index in [-0.39, 0.29) is 12.5 Å². The molecular formula is C30H26F2N6O2S. The van der Waals surface area contributed by atoms with Gasteiger partial charge >= 0.3 is 0 Å². The van der Waals surface area contributed by atoms with Crippen LogP contribution in [0.3, 0.4) is 0 Å². The Morgan fingerprint density at radius 1 is 0.951 bits per heavy atom. The van der Waals surface area contributed by atoms with Crippen LogP contribution in [0.4, 0.5) is 20.4 Å². The highest BCUT2D eigenvalue weighted by atomic mass is 32.1. The van der Waals surface area contributed by atoms with Crippen LogP contribution >= 0.6 is 11.3 Å². The van der Waals surface area contributed by atoms with Crippen LogP contribution in [0, 0.1) is 11.6 Å². The average molecular weight is 573 g/mol. The van der Waals surface area contributed by atoms with Crippen molar-refractivity contribution in [2.75, 3.05) is 36.5 Å². The summed E-state index contributed by atoms with van der Waals surface area (Å²) in [6.45, 7) is 3.48. The zero-order valence-corrected chi connectivity index (χ0v) is 22.8. The van der Waals surface area contributed by atoms with Gasteiger partial charge in [0.05, 0.1) is 30.8 Å². The number of hydrogen-bond donors (Lipinski definition) is 2. The van der Waals surface area contributed by atoms with Crippen LogP contribution in [0.15, 0.2) is 73.2 Å². The first-order valence-corrected chi connectivity index (χ1v) is 13.9. The molecule has 0 atom stereocenters. The number of benzene rings is 2. The van der Waals surface area contributed by atoms with E-state index in [2.05, 4.69) is 48.7 Å². The molecule has 1 saturated heterocycles. The second kappa shape index (κ2) is 11.9. The summed E-state index contributed by atoms with van der Waals surface area (Å²) in [4.78, 5) is 30.6. The normalized spacial score (nSPS) is 13.4. The molecule has 0 spiro atoms. The molecule has 0 radical (unpaired) electrons. The molecule has 1 amide bonds. The van der Waals surface area contributed by atoms with Crippen LogP contribution in [0.25, 0.3) is 21.3 Å². The molecule has 6 rings (SSSR count). The van der Waals surface area contributed by atoms with Crippen LogP contribution in [-0.4, -0.2) is 47.2 Å². The molecular weight excluding hydrogens is 546 g/mol. The number of halogens is 2. The van der Waals surface area contributed by atoms with Gasteiger partial charge < -0.3 is 20.3 Å². The number of anilines is 2. The van der Waals surface area contributed by atoms with E-state index < -0.39 is 11.6 Å². The largest absolute Gasteiger partial charge is 0.378 e. The summed E-state index contributed by atoms with van der Waals surface area (Å²) in [5, 5.41) is 7.01. The lowest BCUT2D eigenvalue weighted by atomic mass is 10.1. The highest BCUT2D eigenvalue weighted by Gasteiger charge is 2.17. The Morgan fingerprint density at radius 2 is 1.83 bits per heavy atom. The van der Waals surface area contributed by atoms with Gasteiger partial charge in [0.2, 0.25) is 0 Å². The Hall–Kier alpha value is -4.48. The molecule has 2 aromatic carbocycles. The van der Waals surface area contributed by atoms with E-state index in [0.29, 0.717) is 36.7 Å². The second-order valence-corrected chi connectivity index (χ2v) is 10.6. The van der Waals surface area contributed by atoms with Gasteiger partial charge in [-0.15, -0.1) is 11.3 Å². The minimum Gasteiger partial charge on any atom is -0.378 e. The number of rotatable bonds is 8. The monoisotopic (exact) mass is 572 g/mol. The van der Waals surface area contributed by atoms with E-state index in [1.165, 1.54) is 6.07 Å². The van der Waals surface area contributed by atoms with Crippen molar-refractivity contribution in [3.8, 4) is 10.4 Å². The van der Waals surface area contributed by atoms with Gasteiger partial charge in [0.25, 0.3) is 5.91 Å². The van der Waals surface area contributed by atoms with Crippen LogP contribution in [0.2, 0.25) is 0 Å². The van der Waals surface area contributed by atoms with E-state index in [9.17, 15) is 13.6 Å². The number of thiophene rings is 1. The number of aromatic nitrogens is 3. The van der Waals surface area contributed by atoms with Crippen LogP contribution in [-0.2, 0) is 17.8 Å². The van der Waals surface area contributed by atoms with E-state index in [4.69, 9.17) is 4.74 Å². The maximum atomic E-state index is 13.5. The lowest BCUT2D eigenvalue weighted by Gasteiger charge is -2.28. The molecule has 11 heteroatoms. The number of nitrogens with zero attached hydrogens (tertiary/aromatic N) is 4. The van der Waals surface area contributed by atoms with E-state index in [1.807, 2.05) is 12.1 Å². The highest BCUT2D eigenvalue weighted by Crippen LogP contribution is 2.33. The lowest BCUT2D eigenvalue weighted by Crippen LogP contribution is -2.36.